The first kappa shape index (κ1) is 13.7. The van der Waals surface area contributed by atoms with Crippen LogP contribution in [-0.2, 0) is 15.6 Å². The molecule has 0 spiro atoms. The van der Waals surface area contributed by atoms with Crippen LogP contribution < -0.4 is 5.73 Å². The molecule has 0 heterocycles. The molecule has 0 aliphatic heterocycles. The Balaban J connectivity index is 2.41. The molecule has 0 saturated heterocycles. The lowest BCUT2D eigenvalue weighted by Crippen LogP contribution is -2.05. The third-order valence-corrected chi connectivity index (χ3v) is 4.51. The van der Waals surface area contributed by atoms with Crippen LogP contribution in [0.3, 0.4) is 0 Å². The lowest BCUT2D eigenvalue weighted by Gasteiger charge is -2.04. The summed E-state index contributed by atoms with van der Waals surface area (Å²) in [5.41, 5.74) is 7.27. The van der Waals surface area contributed by atoms with Crippen molar-refractivity contribution in [3.63, 3.8) is 0 Å². The summed E-state index contributed by atoms with van der Waals surface area (Å²) in [5.74, 6) is 1.55. The van der Waals surface area contributed by atoms with Gasteiger partial charge >= 0.3 is 0 Å². The van der Waals surface area contributed by atoms with E-state index < -0.39 is 9.84 Å². The minimum absolute atomic E-state index is 0.209. The van der Waals surface area contributed by atoms with Crippen molar-refractivity contribution in [1.29, 1.82) is 0 Å². The highest BCUT2D eigenvalue weighted by Gasteiger charge is 2.03. The molecule has 0 amide bonds. The number of hydrogen-bond acceptors (Lipinski definition) is 4. The molecule has 0 atom stereocenters. The molecule has 0 unspecified atom stereocenters. The summed E-state index contributed by atoms with van der Waals surface area (Å²) in [5, 5.41) is 0.546. The van der Waals surface area contributed by atoms with Gasteiger partial charge in [-0.25, -0.2) is 8.42 Å². The van der Waals surface area contributed by atoms with Crippen LogP contribution in [0.5, 0.6) is 0 Å². The number of halogens is 1. The molecule has 16 heavy (non-hydrogen) atoms. The molecule has 0 aliphatic carbocycles. The molecule has 0 bridgehead atoms. The predicted molar refractivity (Wildman–Crippen MR) is 71.7 cm³/mol. The molecule has 0 radical (unpaired) electrons. The van der Waals surface area contributed by atoms with Crippen molar-refractivity contribution in [2.75, 3.05) is 23.5 Å². The Morgan fingerprint density at radius 1 is 1.44 bits per heavy atom. The van der Waals surface area contributed by atoms with Crippen LogP contribution >= 0.6 is 23.4 Å². The molecule has 1 rings (SSSR count). The monoisotopic (exact) mass is 279 g/mol. The fraction of sp³-hybridized carbons (Fsp3) is 0.400. The molecule has 0 aliphatic rings. The van der Waals surface area contributed by atoms with E-state index in [0.717, 1.165) is 11.3 Å². The maximum atomic E-state index is 10.9. The largest absolute Gasteiger partial charge is 0.398 e. The summed E-state index contributed by atoms with van der Waals surface area (Å²) in [7, 11) is -2.86. The van der Waals surface area contributed by atoms with Gasteiger partial charge in [-0.05, 0) is 17.7 Å². The second-order valence-corrected chi connectivity index (χ2v) is 7.31. The van der Waals surface area contributed by atoms with Gasteiger partial charge in [-0.1, -0.05) is 17.7 Å². The zero-order valence-electron chi connectivity index (χ0n) is 8.94. The summed E-state index contributed by atoms with van der Waals surface area (Å²) < 4.78 is 21.8. The van der Waals surface area contributed by atoms with Crippen LogP contribution in [0.25, 0.3) is 0 Å². The van der Waals surface area contributed by atoms with Gasteiger partial charge in [-0.3, -0.25) is 0 Å². The van der Waals surface area contributed by atoms with Crippen molar-refractivity contribution in [2.45, 2.75) is 5.75 Å². The normalized spacial score (nSPS) is 11.6. The van der Waals surface area contributed by atoms with Gasteiger partial charge in [0.15, 0.2) is 0 Å². The number of anilines is 1. The van der Waals surface area contributed by atoms with E-state index in [1.165, 1.54) is 6.26 Å². The third kappa shape index (κ3) is 5.09. The van der Waals surface area contributed by atoms with Crippen molar-refractivity contribution < 1.29 is 8.42 Å². The van der Waals surface area contributed by atoms with Gasteiger partial charge in [0.25, 0.3) is 0 Å². The maximum Gasteiger partial charge on any atom is 0.148 e. The average molecular weight is 280 g/mol. The van der Waals surface area contributed by atoms with E-state index in [4.69, 9.17) is 17.3 Å². The van der Waals surface area contributed by atoms with Crippen LogP contribution in [0.4, 0.5) is 5.69 Å². The first-order valence-electron chi connectivity index (χ1n) is 4.68. The summed E-state index contributed by atoms with van der Waals surface area (Å²) >= 11 is 7.36. The number of thioether (sulfide) groups is 1. The van der Waals surface area contributed by atoms with Crippen LogP contribution in [0.15, 0.2) is 18.2 Å². The first-order valence-corrected chi connectivity index (χ1v) is 8.27. The van der Waals surface area contributed by atoms with Gasteiger partial charge in [-0.15, -0.1) is 0 Å². The zero-order valence-corrected chi connectivity index (χ0v) is 11.3. The smallest absolute Gasteiger partial charge is 0.148 e. The topological polar surface area (TPSA) is 60.2 Å². The second-order valence-electron chi connectivity index (χ2n) is 3.54. The molecule has 6 heteroatoms. The van der Waals surface area contributed by atoms with E-state index >= 15 is 0 Å². The predicted octanol–water partition coefficient (Wildman–Crippen LogP) is 2.20. The first-order chi connectivity index (χ1) is 7.38. The highest BCUT2D eigenvalue weighted by atomic mass is 35.5. The van der Waals surface area contributed by atoms with E-state index in [1.54, 1.807) is 17.8 Å². The summed E-state index contributed by atoms with van der Waals surface area (Å²) in [6.07, 6.45) is 1.24. The van der Waals surface area contributed by atoms with Crippen LogP contribution in [0.2, 0.25) is 5.02 Å². The van der Waals surface area contributed by atoms with Gasteiger partial charge in [0.05, 0.1) is 16.5 Å². The fourth-order valence-corrected chi connectivity index (χ4v) is 3.44. The second kappa shape index (κ2) is 5.80. The molecule has 0 saturated carbocycles. The molecular formula is C10H14ClNO2S2. The van der Waals surface area contributed by atoms with E-state index in [0.29, 0.717) is 16.5 Å². The Bertz CT molecular complexity index is 460. The van der Waals surface area contributed by atoms with E-state index in [-0.39, 0.29) is 5.75 Å². The van der Waals surface area contributed by atoms with Crippen LogP contribution in [-0.4, -0.2) is 26.2 Å². The van der Waals surface area contributed by atoms with Crippen molar-refractivity contribution in [1.82, 2.24) is 0 Å². The van der Waals surface area contributed by atoms with Crippen molar-refractivity contribution >= 4 is 38.9 Å². The summed E-state index contributed by atoms with van der Waals surface area (Å²) in [4.78, 5) is 0. The minimum atomic E-state index is -2.86. The average Bonchev–Trinajstić information content (AvgIpc) is 2.17. The molecule has 1 aromatic carbocycles. The Kier molecular flexibility index (Phi) is 4.95. The molecule has 90 valence electrons. The van der Waals surface area contributed by atoms with Gasteiger partial charge in [-0.2, -0.15) is 11.8 Å². The number of rotatable bonds is 5. The maximum absolute atomic E-state index is 10.9. The van der Waals surface area contributed by atoms with Gasteiger partial charge in [0.1, 0.15) is 9.84 Å². The quantitative estimate of drug-likeness (QED) is 0.663. The molecule has 0 fully saturated rings. The SMILES string of the molecule is CS(=O)(=O)CCSCc1ccc(Cl)c(N)c1. The molecule has 1 aromatic rings. The number of nitrogen functional groups attached to an aromatic ring is 1. The number of hydrogen-bond donors (Lipinski definition) is 1. The Morgan fingerprint density at radius 2 is 2.12 bits per heavy atom. The van der Waals surface area contributed by atoms with Crippen LogP contribution in [0, 0.1) is 0 Å². The molecule has 0 aromatic heterocycles. The minimum Gasteiger partial charge on any atom is -0.398 e. The van der Waals surface area contributed by atoms with Crippen molar-refractivity contribution in [2.24, 2.45) is 0 Å². The Hall–Kier alpha value is -0.390. The van der Waals surface area contributed by atoms with E-state index in [1.807, 2.05) is 12.1 Å². The standard InChI is InChI=1S/C10H14ClNO2S2/c1-16(13,14)5-4-15-7-8-2-3-9(11)10(12)6-8/h2-3,6H,4-5,7,12H2,1H3. The fourth-order valence-electron chi connectivity index (χ4n) is 1.08. The zero-order chi connectivity index (χ0) is 12.2. The molecular weight excluding hydrogens is 266 g/mol. The highest BCUT2D eigenvalue weighted by molar-refractivity contribution is 7.99. The van der Waals surface area contributed by atoms with Crippen molar-refractivity contribution in [3.05, 3.63) is 28.8 Å². The number of benzene rings is 1. The summed E-state index contributed by atoms with van der Waals surface area (Å²) in [6, 6.07) is 5.46. The van der Waals surface area contributed by atoms with E-state index in [2.05, 4.69) is 0 Å². The highest BCUT2D eigenvalue weighted by Crippen LogP contribution is 2.22. The molecule has 2 N–H and O–H groups in total. The lowest BCUT2D eigenvalue weighted by atomic mass is 10.2. The number of sulfone groups is 1. The molecule has 3 nitrogen and oxygen atoms in total. The van der Waals surface area contributed by atoms with Gasteiger partial charge < -0.3 is 5.73 Å². The third-order valence-electron chi connectivity index (χ3n) is 1.93. The van der Waals surface area contributed by atoms with Gasteiger partial charge in [0, 0.05) is 17.8 Å². The van der Waals surface area contributed by atoms with Gasteiger partial charge in [0.2, 0.25) is 0 Å². The van der Waals surface area contributed by atoms with Crippen LogP contribution in [0.1, 0.15) is 5.56 Å². The number of nitrogens with two attached hydrogens (primary N) is 1. The summed E-state index contributed by atoms with van der Waals surface area (Å²) in [6.45, 7) is 0. The van der Waals surface area contributed by atoms with E-state index in [9.17, 15) is 8.42 Å². The lowest BCUT2D eigenvalue weighted by molar-refractivity contribution is 0.603. The Morgan fingerprint density at radius 3 is 2.69 bits per heavy atom. The van der Waals surface area contributed by atoms with Crippen molar-refractivity contribution in [3.8, 4) is 0 Å². The Labute approximate surface area is 105 Å².